The van der Waals surface area contributed by atoms with Crippen molar-refractivity contribution in [1.29, 1.82) is 0 Å². The first-order valence-corrected chi connectivity index (χ1v) is 9.12. The molecule has 3 aromatic carbocycles. The molecule has 0 atom stereocenters. The fourth-order valence-corrected chi connectivity index (χ4v) is 3.78. The van der Waals surface area contributed by atoms with Gasteiger partial charge in [0.2, 0.25) is 0 Å². The van der Waals surface area contributed by atoms with Crippen molar-refractivity contribution < 1.29 is 14.3 Å². The third-order valence-corrected chi connectivity index (χ3v) is 5.13. The predicted molar refractivity (Wildman–Crippen MR) is 111 cm³/mol. The third-order valence-electron chi connectivity index (χ3n) is 5.13. The van der Waals surface area contributed by atoms with Crippen molar-refractivity contribution in [3.05, 3.63) is 72.1 Å². The molecule has 0 unspecified atom stereocenters. The van der Waals surface area contributed by atoms with Crippen LogP contribution < -0.4 is 14.8 Å². The van der Waals surface area contributed by atoms with Gasteiger partial charge < -0.3 is 14.8 Å². The SMILES string of the molecule is COc1ccc(OC)c(Nc2ccc3ncnc4c3c2C(=O)c2ccccc2-4)c1. The summed E-state index contributed by atoms with van der Waals surface area (Å²) in [5, 5.41) is 4.10. The van der Waals surface area contributed by atoms with Gasteiger partial charge in [0, 0.05) is 22.6 Å². The van der Waals surface area contributed by atoms with Gasteiger partial charge in [-0.25, -0.2) is 9.97 Å². The number of rotatable bonds is 4. The average molecular weight is 383 g/mol. The molecule has 6 nitrogen and oxygen atoms in total. The number of carbonyl (C=O) groups excluding carboxylic acids is 1. The molecule has 0 radical (unpaired) electrons. The molecule has 5 rings (SSSR count). The van der Waals surface area contributed by atoms with E-state index < -0.39 is 0 Å². The van der Waals surface area contributed by atoms with E-state index in [1.165, 1.54) is 6.33 Å². The molecule has 1 heterocycles. The van der Waals surface area contributed by atoms with Gasteiger partial charge in [-0.1, -0.05) is 24.3 Å². The second-order valence-corrected chi connectivity index (χ2v) is 6.67. The molecule has 0 saturated carbocycles. The van der Waals surface area contributed by atoms with E-state index in [1.54, 1.807) is 14.2 Å². The lowest BCUT2D eigenvalue weighted by molar-refractivity contribution is 0.104. The average Bonchev–Trinajstić information content (AvgIpc) is 2.77. The standard InChI is InChI=1S/C23H17N3O3/c1-28-13-7-10-19(29-2)18(11-13)26-17-9-8-16-20-21(17)23(27)15-6-4-3-5-14(15)22(20)25-12-24-16/h3-12,26H,1-2H3. The first kappa shape index (κ1) is 17.2. The molecule has 142 valence electrons. The molecule has 0 saturated heterocycles. The van der Waals surface area contributed by atoms with Gasteiger partial charge in [-0.05, 0) is 24.3 Å². The summed E-state index contributed by atoms with van der Waals surface area (Å²) in [5.74, 6) is 1.27. The van der Waals surface area contributed by atoms with Crippen molar-refractivity contribution in [3.63, 3.8) is 0 Å². The number of methoxy groups -OCH3 is 2. The largest absolute Gasteiger partial charge is 0.497 e. The Labute approximate surface area is 167 Å². The molecular weight excluding hydrogens is 366 g/mol. The van der Waals surface area contributed by atoms with E-state index in [0.29, 0.717) is 34.0 Å². The highest BCUT2D eigenvalue weighted by Crippen LogP contribution is 2.42. The number of anilines is 2. The van der Waals surface area contributed by atoms with Crippen LogP contribution in [0.1, 0.15) is 15.9 Å². The minimum absolute atomic E-state index is 0.0575. The zero-order valence-electron chi connectivity index (χ0n) is 15.9. The van der Waals surface area contributed by atoms with Crippen molar-refractivity contribution >= 4 is 28.1 Å². The molecule has 0 fully saturated rings. The van der Waals surface area contributed by atoms with E-state index in [0.717, 1.165) is 22.2 Å². The number of ketones is 1. The third kappa shape index (κ3) is 2.61. The highest BCUT2D eigenvalue weighted by atomic mass is 16.5. The van der Waals surface area contributed by atoms with Crippen LogP contribution >= 0.6 is 0 Å². The van der Waals surface area contributed by atoms with Gasteiger partial charge >= 0.3 is 0 Å². The zero-order chi connectivity index (χ0) is 20.0. The van der Waals surface area contributed by atoms with E-state index in [2.05, 4.69) is 15.3 Å². The monoisotopic (exact) mass is 383 g/mol. The highest BCUT2D eigenvalue weighted by Gasteiger charge is 2.29. The summed E-state index contributed by atoms with van der Waals surface area (Å²) in [7, 11) is 3.21. The maximum Gasteiger partial charge on any atom is 0.196 e. The van der Waals surface area contributed by atoms with E-state index >= 15 is 0 Å². The van der Waals surface area contributed by atoms with Gasteiger partial charge in [-0.2, -0.15) is 0 Å². The first-order valence-electron chi connectivity index (χ1n) is 9.12. The van der Waals surface area contributed by atoms with E-state index in [-0.39, 0.29) is 5.78 Å². The molecular formula is C23H17N3O3. The minimum atomic E-state index is -0.0575. The summed E-state index contributed by atoms with van der Waals surface area (Å²) in [6.45, 7) is 0. The van der Waals surface area contributed by atoms with Gasteiger partial charge in [-0.15, -0.1) is 0 Å². The molecule has 1 N–H and O–H groups in total. The molecule has 1 aromatic heterocycles. The fourth-order valence-electron chi connectivity index (χ4n) is 3.78. The van der Waals surface area contributed by atoms with E-state index in [4.69, 9.17) is 9.47 Å². The highest BCUT2D eigenvalue weighted by molar-refractivity contribution is 6.27. The Morgan fingerprint density at radius 3 is 2.48 bits per heavy atom. The lowest BCUT2D eigenvalue weighted by Crippen LogP contribution is -2.14. The van der Waals surface area contributed by atoms with Crippen LogP contribution in [0.4, 0.5) is 11.4 Å². The number of hydrogen-bond acceptors (Lipinski definition) is 6. The maximum absolute atomic E-state index is 13.4. The molecule has 1 aliphatic carbocycles. The number of fused-ring (bicyclic) bond motifs is 2. The predicted octanol–water partition coefficient (Wildman–Crippen LogP) is 4.60. The summed E-state index contributed by atoms with van der Waals surface area (Å²) in [6, 6.07) is 16.7. The summed E-state index contributed by atoms with van der Waals surface area (Å²) in [6.07, 6.45) is 1.53. The number of hydrogen-bond donors (Lipinski definition) is 1. The van der Waals surface area contributed by atoms with Crippen LogP contribution in [0.15, 0.2) is 60.9 Å². The van der Waals surface area contributed by atoms with Crippen LogP contribution in [0.2, 0.25) is 0 Å². The molecule has 0 bridgehead atoms. The van der Waals surface area contributed by atoms with Crippen LogP contribution in [0, 0.1) is 0 Å². The Morgan fingerprint density at radius 1 is 0.862 bits per heavy atom. The number of nitrogens with one attached hydrogen (secondary N) is 1. The van der Waals surface area contributed by atoms with Crippen LogP contribution in [-0.4, -0.2) is 30.0 Å². The topological polar surface area (TPSA) is 73.3 Å². The van der Waals surface area contributed by atoms with Gasteiger partial charge in [0.05, 0.1) is 42.4 Å². The number of ether oxygens (including phenoxy) is 2. The summed E-state index contributed by atoms with van der Waals surface area (Å²) in [5.41, 5.74) is 4.88. The normalized spacial score (nSPS) is 11.9. The summed E-state index contributed by atoms with van der Waals surface area (Å²) < 4.78 is 10.8. The van der Waals surface area contributed by atoms with Gasteiger partial charge in [0.15, 0.2) is 5.78 Å². The fraction of sp³-hybridized carbons (Fsp3) is 0.0870. The Hall–Kier alpha value is -3.93. The van der Waals surface area contributed by atoms with Crippen LogP contribution in [0.3, 0.4) is 0 Å². The molecule has 6 heteroatoms. The number of benzene rings is 3. The lowest BCUT2D eigenvalue weighted by Gasteiger charge is -2.22. The van der Waals surface area contributed by atoms with Crippen LogP contribution in [-0.2, 0) is 0 Å². The smallest absolute Gasteiger partial charge is 0.196 e. The Balaban J connectivity index is 1.75. The van der Waals surface area contributed by atoms with Crippen molar-refractivity contribution in [2.45, 2.75) is 0 Å². The van der Waals surface area contributed by atoms with Crippen molar-refractivity contribution in [1.82, 2.24) is 9.97 Å². The van der Waals surface area contributed by atoms with E-state index in [1.807, 2.05) is 54.6 Å². The number of aromatic nitrogens is 2. The molecule has 0 spiro atoms. The van der Waals surface area contributed by atoms with Crippen LogP contribution in [0.25, 0.3) is 22.2 Å². The Morgan fingerprint density at radius 2 is 1.69 bits per heavy atom. The molecule has 4 aromatic rings. The molecule has 0 aliphatic heterocycles. The maximum atomic E-state index is 13.4. The Kier molecular flexibility index (Phi) is 3.91. The summed E-state index contributed by atoms with van der Waals surface area (Å²) in [4.78, 5) is 22.3. The summed E-state index contributed by atoms with van der Waals surface area (Å²) >= 11 is 0. The first-order chi connectivity index (χ1) is 14.2. The van der Waals surface area contributed by atoms with E-state index in [9.17, 15) is 4.79 Å². The molecule has 1 aliphatic rings. The van der Waals surface area contributed by atoms with Gasteiger partial charge in [0.1, 0.15) is 17.8 Å². The van der Waals surface area contributed by atoms with Gasteiger partial charge in [0.25, 0.3) is 0 Å². The molecule has 29 heavy (non-hydrogen) atoms. The van der Waals surface area contributed by atoms with Crippen molar-refractivity contribution in [2.24, 2.45) is 0 Å². The number of carbonyl (C=O) groups is 1. The second kappa shape index (κ2) is 6.60. The van der Waals surface area contributed by atoms with Gasteiger partial charge in [-0.3, -0.25) is 4.79 Å². The quantitative estimate of drug-likeness (QED) is 0.489. The van der Waals surface area contributed by atoms with Crippen molar-refractivity contribution in [2.75, 3.05) is 19.5 Å². The van der Waals surface area contributed by atoms with Crippen LogP contribution in [0.5, 0.6) is 11.5 Å². The molecule has 0 amide bonds. The zero-order valence-corrected chi connectivity index (χ0v) is 15.9. The Bertz CT molecular complexity index is 1280. The van der Waals surface area contributed by atoms with Crippen molar-refractivity contribution in [3.8, 4) is 22.8 Å². The lowest BCUT2D eigenvalue weighted by atomic mass is 9.86. The second-order valence-electron chi connectivity index (χ2n) is 6.67. The number of nitrogens with zero attached hydrogens (tertiary/aromatic N) is 2. The minimum Gasteiger partial charge on any atom is -0.497 e.